The van der Waals surface area contributed by atoms with Crippen LogP contribution in [0.25, 0.3) is 0 Å². The molecule has 0 saturated carbocycles. The van der Waals surface area contributed by atoms with Gasteiger partial charge in [-0.15, -0.1) is 11.3 Å². The van der Waals surface area contributed by atoms with Crippen molar-refractivity contribution in [1.82, 2.24) is 10.3 Å². The third-order valence-corrected chi connectivity index (χ3v) is 5.01. The van der Waals surface area contributed by atoms with Gasteiger partial charge in [-0.05, 0) is 23.8 Å². The van der Waals surface area contributed by atoms with Crippen LogP contribution in [-0.4, -0.2) is 10.9 Å². The second-order valence-electron chi connectivity index (χ2n) is 5.58. The second-order valence-corrected chi connectivity index (χ2v) is 7.44. The van der Waals surface area contributed by atoms with E-state index in [0.717, 1.165) is 21.6 Å². The van der Waals surface area contributed by atoms with Gasteiger partial charge in [0, 0.05) is 28.4 Å². The van der Waals surface area contributed by atoms with E-state index in [4.69, 9.17) is 0 Å². The van der Waals surface area contributed by atoms with Crippen LogP contribution in [-0.2, 0) is 24.2 Å². The summed E-state index contributed by atoms with van der Waals surface area (Å²) >= 11 is 4.85. The van der Waals surface area contributed by atoms with Crippen molar-refractivity contribution < 1.29 is 9.18 Å². The van der Waals surface area contributed by atoms with E-state index in [1.165, 1.54) is 11.6 Å². The van der Waals surface area contributed by atoms with Gasteiger partial charge in [-0.25, -0.2) is 9.37 Å². The summed E-state index contributed by atoms with van der Waals surface area (Å²) in [4.78, 5) is 16.6. The zero-order valence-corrected chi connectivity index (χ0v) is 15.7. The molecule has 1 amide bonds. The number of rotatable bonds is 6. The van der Waals surface area contributed by atoms with Crippen molar-refractivity contribution in [2.75, 3.05) is 0 Å². The van der Waals surface area contributed by atoms with Crippen molar-refractivity contribution in [3.8, 4) is 0 Å². The minimum atomic E-state index is -0.331. The second kappa shape index (κ2) is 8.36. The van der Waals surface area contributed by atoms with Crippen LogP contribution in [0.1, 0.15) is 21.8 Å². The lowest BCUT2D eigenvalue weighted by atomic mass is 10.2. The molecule has 1 aromatic heterocycles. The summed E-state index contributed by atoms with van der Waals surface area (Å²) in [6, 6.07) is 14.8. The Morgan fingerprint density at radius 2 is 2.00 bits per heavy atom. The minimum Gasteiger partial charge on any atom is -0.352 e. The molecule has 6 heteroatoms. The molecule has 3 nitrogen and oxygen atoms in total. The van der Waals surface area contributed by atoms with Crippen molar-refractivity contribution in [3.63, 3.8) is 0 Å². The van der Waals surface area contributed by atoms with Crippen molar-refractivity contribution in [2.45, 2.75) is 19.4 Å². The van der Waals surface area contributed by atoms with Crippen LogP contribution in [0.2, 0.25) is 0 Å². The molecule has 1 heterocycles. The van der Waals surface area contributed by atoms with Crippen LogP contribution in [0.5, 0.6) is 0 Å². The van der Waals surface area contributed by atoms with Crippen molar-refractivity contribution in [3.05, 3.63) is 86.0 Å². The third kappa shape index (κ3) is 5.21. The first kappa shape index (κ1) is 17.8. The molecule has 0 spiro atoms. The Morgan fingerprint density at radius 3 is 2.80 bits per heavy atom. The number of benzene rings is 2. The van der Waals surface area contributed by atoms with Gasteiger partial charge in [0.15, 0.2) is 0 Å². The lowest BCUT2D eigenvalue weighted by Gasteiger charge is -2.06. The topological polar surface area (TPSA) is 42.0 Å². The van der Waals surface area contributed by atoms with Gasteiger partial charge >= 0.3 is 0 Å². The molecule has 1 N–H and O–H groups in total. The fourth-order valence-corrected chi connectivity index (χ4v) is 3.62. The van der Waals surface area contributed by atoms with Crippen LogP contribution in [0.4, 0.5) is 4.39 Å². The highest BCUT2D eigenvalue weighted by Crippen LogP contribution is 2.16. The summed E-state index contributed by atoms with van der Waals surface area (Å²) in [7, 11) is 0. The highest BCUT2D eigenvalue weighted by molar-refractivity contribution is 9.10. The first-order valence-corrected chi connectivity index (χ1v) is 9.45. The largest absolute Gasteiger partial charge is 0.352 e. The average Bonchev–Trinajstić information content (AvgIpc) is 3.03. The van der Waals surface area contributed by atoms with Crippen LogP contribution < -0.4 is 5.32 Å². The fraction of sp³-hybridized carbons (Fsp3) is 0.158. The number of aromatic nitrogens is 1. The molecule has 128 valence electrons. The summed E-state index contributed by atoms with van der Waals surface area (Å²) in [5.41, 5.74) is 2.38. The zero-order valence-electron chi connectivity index (χ0n) is 13.3. The lowest BCUT2D eigenvalue weighted by Crippen LogP contribution is -2.25. The number of carbonyl (C=O) groups excluding carboxylic acids is 1. The van der Waals surface area contributed by atoms with Gasteiger partial charge in [0.1, 0.15) is 5.82 Å². The molecule has 2 aromatic carbocycles. The van der Waals surface area contributed by atoms with Gasteiger partial charge < -0.3 is 5.32 Å². The van der Waals surface area contributed by atoms with Crippen LogP contribution in [0, 0.1) is 5.82 Å². The molecule has 25 heavy (non-hydrogen) atoms. The van der Waals surface area contributed by atoms with Gasteiger partial charge in [-0.2, -0.15) is 0 Å². The molecule has 3 rings (SSSR count). The Bertz CT molecular complexity index is 867. The summed E-state index contributed by atoms with van der Waals surface area (Å²) in [5, 5.41) is 5.62. The summed E-state index contributed by atoms with van der Waals surface area (Å²) in [6.07, 6.45) is 0.956. The standard InChI is InChI=1S/C19H16BrFN2OS/c20-15-6-7-17(21)14(9-15)11-22-18(24)10-16-12-25-19(23-16)8-13-4-2-1-3-5-13/h1-7,9,12H,8,10-11H2,(H,22,24). The first-order chi connectivity index (χ1) is 12.1. The SMILES string of the molecule is O=C(Cc1csc(Cc2ccccc2)n1)NCc1cc(Br)ccc1F. The Labute approximate surface area is 158 Å². The Kier molecular flexibility index (Phi) is 5.94. The van der Waals surface area contributed by atoms with E-state index in [1.54, 1.807) is 23.5 Å². The predicted octanol–water partition coefficient (Wildman–Crippen LogP) is 4.49. The molecule has 0 saturated heterocycles. The number of halogens is 2. The Hall–Kier alpha value is -2.05. The monoisotopic (exact) mass is 418 g/mol. The van der Waals surface area contributed by atoms with E-state index >= 15 is 0 Å². The van der Waals surface area contributed by atoms with Gasteiger partial charge in [-0.1, -0.05) is 46.3 Å². The molecule has 3 aromatic rings. The number of carbonyl (C=O) groups is 1. The zero-order chi connectivity index (χ0) is 17.6. The first-order valence-electron chi connectivity index (χ1n) is 7.78. The lowest BCUT2D eigenvalue weighted by molar-refractivity contribution is -0.120. The smallest absolute Gasteiger partial charge is 0.226 e. The molecule has 0 aliphatic heterocycles. The van der Waals surface area contributed by atoms with Crippen LogP contribution >= 0.6 is 27.3 Å². The molecule has 0 atom stereocenters. The molecule has 0 aliphatic carbocycles. The number of nitrogens with zero attached hydrogens (tertiary/aromatic N) is 1. The molecule has 0 fully saturated rings. The Balaban J connectivity index is 1.54. The van der Waals surface area contributed by atoms with E-state index < -0.39 is 0 Å². The van der Waals surface area contributed by atoms with Gasteiger partial charge in [0.25, 0.3) is 0 Å². The highest BCUT2D eigenvalue weighted by Gasteiger charge is 2.10. The number of hydrogen-bond donors (Lipinski definition) is 1. The van der Waals surface area contributed by atoms with E-state index in [9.17, 15) is 9.18 Å². The summed E-state index contributed by atoms with van der Waals surface area (Å²) in [5.74, 6) is -0.502. The van der Waals surface area contributed by atoms with Crippen LogP contribution in [0.15, 0.2) is 58.4 Å². The number of thiazole rings is 1. The van der Waals surface area contributed by atoms with E-state index in [0.29, 0.717) is 5.56 Å². The Morgan fingerprint density at radius 1 is 1.20 bits per heavy atom. The maximum absolute atomic E-state index is 13.7. The number of hydrogen-bond acceptors (Lipinski definition) is 3. The van der Waals surface area contributed by atoms with Gasteiger partial charge in [0.05, 0.1) is 17.1 Å². The normalized spacial score (nSPS) is 10.6. The van der Waals surface area contributed by atoms with E-state index in [-0.39, 0.29) is 24.7 Å². The van der Waals surface area contributed by atoms with Crippen molar-refractivity contribution >= 4 is 33.2 Å². The van der Waals surface area contributed by atoms with E-state index in [1.807, 2.05) is 23.6 Å². The summed E-state index contributed by atoms with van der Waals surface area (Å²) in [6.45, 7) is 0.158. The summed E-state index contributed by atoms with van der Waals surface area (Å²) < 4.78 is 14.5. The maximum Gasteiger partial charge on any atom is 0.226 e. The van der Waals surface area contributed by atoms with Gasteiger partial charge in [0.2, 0.25) is 5.91 Å². The maximum atomic E-state index is 13.7. The highest BCUT2D eigenvalue weighted by atomic mass is 79.9. The van der Waals surface area contributed by atoms with E-state index in [2.05, 4.69) is 38.4 Å². The van der Waals surface area contributed by atoms with Crippen LogP contribution in [0.3, 0.4) is 0 Å². The van der Waals surface area contributed by atoms with Crippen molar-refractivity contribution in [1.29, 1.82) is 0 Å². The molecule has 0 bridgehead atoms. The molecule has 0 radical (unpaired) electrons. The fourth-order valence-electron chi connectivity index (χ4n) is 2.38. The quantitative estimate of drug-likeness (QED) is 0.640. The molecular formula is C19H16BrFN2OS. The predicted molar refractivity (Wildman–Crippen MR) is 101 cm³/mol. The van der Waals surface area contributed by atoms with Crippen molar-refractivity contribution in [2.24, 2.45) is 0 Å². The number of nitrogens with one attached hydrogen (secondary N) is 1. The van der Waals surface area contributed by atoms with Gasteiger partial charge in [-0.3, -0.25) is 4.79 Å². The molecular weight excluding hydrogens is 403 g/mol. The third-order valence-electron chi connectivity index (χ3n) is 3.62. The average molecular weight is 419 g/mol. The molecule has 0 aliphatic rings. The molecule has 0 unspecified atom stereocenters. The number of amides is 1. The minimum absolute atomic E-state index is 0.158.